The molecule has 1 aliphatic rings. The Balaban J connectivity index is 1.42. The maximum atomic E-state index is 12.5. The van der Waals surface area contributed by atoms with Gasteiger partial charge < -0.3 is 9.68 Å². The Morgan fingerprint density at radius 1 is 1.36 bits per heavy atom. The summed E-state index contributed by atoms with van der Waals surface area (Å²) in [4.78, 5) is 25.2. The van der Waals surface area contributed by atoms with Crippen molar-refractivity contribution in [1.82, 2.24) is 15.0 Å². The largest absolute Gasteiger partial charge is 0.535 e. The number of thiophene rings is 1. The van der Waals surface area contributed by atoms with Crippen molar-refractivity contribution in [1.29, 1.82) is 0 Å². The summed E-state index contributed by atoms with van der Waals surface area (Å²) in [5, 5.41) is 20.4. The molecule has 0 aliphatic carbocycles. The van der Waals surface area contributed by atoms with E-state index in [0.29, 0.717) is 17.7 Å². The van der Waals surface area contributed by atoms with Gasteiger partial charge in [0.25, 0.3) is 0 Å². The number of nitrogens with zero attached hydrogens (tertiary/aromatic N) is 3. The minimum absolute atomic E-state index is 0.0681. The van der Waals surface area contributed by atoms with E-state index in [9.17, 15) is 14.6 Å². The summed E-state index contributed by atoms with van der Waals surface area (Å²) in [5.41, 5.74) is 2.01. The summed E-state index contributed by atoms with van der Waals surface area (Å²) in [7, 11) is -1.13. The molecule has 1 atom stereocenters. The zero-order chi connectivity index (χ0) is 19.7. The summed E-state index contributed by atoms with van der Waals surface area (Å²) in [6.07, 6.45) is 2.37. The summed E-state index contributed by atoms with van der Waals surface area (Å²) in [6, 6.07) is 9.20. The van der Waals surface area contributed by atoms with Crippen LogP contribution in [0.15, 0.2) is 41.9 Å². The zero-order valence-electron chi connectivity index (χ0n) is 15.2. The Morgan fingerprint density at radius 3 is 2.96 bits per heavy atom. The van der Waals surface area contributed by atoms with E-state index in [-0.39, 0.29) is 30.3 Å². The van der Waals surface area contributed by atoms with Crippen LogP contribution in [0.25, 0.3) is 10.6 Å². The predicted molar refractivity (Wildman–Crippen MR) is 105 cm³/mol. The van der Waals surface area contributed by atoms with E-state index in [1.807, 2.05) is 23.6 Å². The van der Waals surface area contributed by atoms with Crippen LogP contribution in [0.4, 0.5) is 0 Å². The molecule has 1 aromatic carbocycles. The molecule has 4 rings (SSSR count). The first-order valence-electron chi connectivity index (χ1n) is 8.94. The van der Waals surface area contributed by atoms with Gasteiger partial charge in [-0.25, -0.2) is 4.68 Å². The third kappa shape index (κ3) is 3.76. The van der Waals surface area contributed by atoms with Gasteiger partial charge in [0.15, 0.2) is 11.6 Å². The van der Waals surface area contributed by atoms with Crippen LogP contribution in [0.1, 0.15) is 29.3 Å². The lowest BCUT2D eigenvalue weighted by molar-refractivity contribution is -0.120. The molecular weight excluding hydrogens is 377 g/mol. The summed E-state index contributed by atoms with van der Waals surface area (Å²) >= 11 is 1.56. The number of carbonyl (C=O) groups excluding carboxylic acids is 2. The van der Waals surface area contributed by atoms with Crippen molar-refractivity contribution in [2.24, 2.45) is 0 Å². The quantitative estimate of drug-likeness (QED) is 0.510. The van der Waals surface area contributed by atoms with Crippen molar-refractivity contribution in [2.45, 2.75) is 32.1 Å². The van der Waals surface area contributed by atoms with Crippen molar-refractivity contribution >= 4 is 30.0 Å². The maximum Gasteiger partial charge on any atom is 0.526 e. The van der Waals surface area contributed by atoms with Crippen molar-refractivity contribution in [3.63, 3.8) is 0 Å². The second-order valence-corrected chi connectivity index (χ2v) is 7.79. The van der Waals surface area contributed by atoms with Crippen LogP contribution in [-0.2, 0) is 17.8 Å². The van der Waals surface area contributed by atoms with E-state index in [1.54, 1.807) is 29.7 Å². The molecule has 0 fully saturated rings. The predicted octanol–water partition coefficient (Wildman–Crippen LogP) is 2.65. The zero-order valence-corrected chi connectivity index (χ0v) is 16.1. The lowest BCUT2D eigenvalue weighted by Crippen LogP contribution is -2.36. The number of Topliss-reactive ketones (excluding diaryl/α,β-unsaturated/α-hetero) is 2. The third-order valence-electron chi connectivity index (χ3n) is 4.74. The van der Waals surface area contributed by atoms with Gasteiger partial charge in [0.1, 0.15) is 18.0 Å². The standard InChI is InChI=1S/C19H18BN3O4S/c1-12(24)16-5-2-4-13-8-14(20(26)27-19(13)16)9-15(25)10-23-11-17(21-22-23)18-6-3-7-28-18/h2-7,11,14,26H,8-10H2,1H3/t14-/m1/s1. The number of ketones is 2. The Labute approximate surface area is 166 Å². The van der Waals surface area contributed by atoms with Crippen molar-refractivity contribution in [3.05, 3.63) is 53.0 Å². The smallest absolute Gasteiger partial charge is 0.526 e. The number of rotatable bonds is 6. The fourth-order valence-corrected chi connectivity index (χ4v) is 4.06. The van der Waals surface area contributed by atoms with E-state index >= 15 is 0 Å². The highest BCUT2D eigenvalue weighted by Gasteiger charge is 2.37. The van der Waals surface area contributed by atoms with Gasteiger partial charge in [-0.2, -0.15) is 0 Å². The fraction of sp³-hybridized carbons (Fsp3) is 0.263. The second-order valence-electron chi connectivity index (χ2n) is 6.84. The molecule has 0 radical (unpaired) electrons. The number of carbonyl (C=O) groups is 2. The lowest BCUT2D eigenvalue weighted by atomic mass is 9.64. The van der Waals surface area contributed by atoms with Gasteiger partial charge >= 0.3 is 7.12 Å². The molecule has 3 aromatic rings. The van der Waals surface area contributed by atoms with Crippen molar-refractivity contribution in [3.8, 4) is 16.3 Å². The summed E-state index contributed by atoms with van der Waals surface area (Å²) in [6.45, 7) is 1.55. The molecule has 1 aliphatic heterocycles. The van der Waals surface area contributed by atoms with E-state index < -0.39 is 7.12 Å². The number of hydrogen-bond acceptors (Lipinski definition) is 7. The lowest BCUT2D eigenvalue weighted by Gasteiger charge is -2.28. The molecule has 0 unspecified atom stereocenters. The van der Waals surface area contributed by atoms with E-state index in [2.05, 4.69) is 10.3 Å². The molecule has 2 aromatic heterocycles. The molecular formula is C19H18BN3O4S. The van der Waals surface area contributed by atoms with Crippen LogP contribution in [-0.4, -0.2) is 38.7 Å². The number of para-hydroxylation sites is 1. The maximum absolute atomic E-state index is 12.5. The number of fused-ring (bicyclic) bond motifs is 1. The third-order valence-corrected chi connectivity index (χ3v) is 5.63. The van der Waals surface area contributed by atoms with Crippen molar-refractivity contribution < 1.29 is 19.3 Å². The highest BCUT2D eigenvalue weighted by atomic mass is 32.1. The van der Waals surface area contributed by atoms with Crippen LogP contribution < -0.4 is 4.65 Å². The van der Waals surface area contributed by atoms with E-state index in [0.717, 1.165) is 16.1 Å². The van der Waals surface area contributed by atoms with Crippen molar-refractivity contribution in [2.75, 3.05) is 0 Å². The Bertz CT molecular complexity index is 1020. The van der Waals surface area contributed by atoms with E-state index in [4.69, 9.17) is 4.65 Å². The molecule has 0 amide bonds. The SMILES string of the molecule is CC(=O)c1cccc2c1OB(O)[C@@H](CC(=O)Cn1cc(-c3cccs3)nn1)C2. The average molecular weight is 395 g/mol. The summed E-state index contributed by atoms with van der Waals surface area (Å²) in [5.74, 6) is -0.140. The van der Waals surface area contributed by atoms with Gasteiger partial charge in [-0.1, -0.05) is 23.4 Å². The molecule has 142 valence electrons. The number of aromatic nitrogens is 3. The first-order valence-corrected chi connectivity index (χ1v) is 9.82. The Hall–Kier alpha value is -2.78. The van der Waals surface area contributed by atoms with Crippen LogP contribution in [0, 0.1) is 0 Å². The second kappa shape index (κ2) is 7.69. The average Bonchev–Trinajstić information content (AvgIpc) is 3.33. The van der Waals surface area contributed by atoms with Crippen LogP contribution in [0.5, 0.6) is 5.75 Å². The highest BCUT2D eigenvalue weighted by Crippen LogP contribution is 2.36. The molecule has 1 N–H and O–H groups in total. The first-order chi connectivity index (χ1) is 13.5. The van der Waals surface area contributed by atoms with Gasteiger partial charge in [0.05, 0.1) is 16.6 Å². The van der Waals surface area contributed by atoms with E-state index in [1.165, 1.54) is 11.6 Å². The van der Waals surface area contributed by atoms with Gasteiger partial charge in [0, 0.05) is 12.2 Å². The molecule has 7 nitrogen and oxygen atoms in total. The van der Waals surface area contributed by atoms with Crippen LogP contribution in [0.3, 0.4) is 0 Å². The number of benzene rings is 1. The van der Waals surface area contributed by atoms with Crippen LogP contribution in [0.2, 0.25) is 5.82 Å². The fourth-order valence-electron chi connectivity index (χ4n) is 3.39. The minimum Gasteiger partial charge on any atom is -0.535 e. The Kier molecular flexibility index (Phi) is 5.10. The molecule has 28 heavy (non-hydrogen) atoms. The number of hydrogen-bond donors (Lipinski definition) is 1. The molecule has 9 heteroatoms. The topological polar surface area (TPSA) is 94.3 Å². The molecule has 0 saturated carbocycles. The monoisotopic (exact) mass is 395 g/mol. The molecule has 0 saturated heterocycles. The van der Waals surface area contributed by atoms with Gasteiger partial charge in [-0.05, 0) is 36.4 Å². The van der Waals surface area contributed by atoms with Crippen LogP contribution >= 0.6 is 11.3 Å². The highest BCUT2D eigenvalue weighted by molar-refractivity contribution is 7.13. The Morgan fingerprint density at radius 2 is 2.21 bits per heavy atom. The molecule has 3 heterocycles. The van der Waals surface area contributed by atoms with Gasteiger partial charge in [-0.3, -0.25) is 9.59 Å². The van der Waals surface area contributed by atoms with Gasteiger partial charge in [-0.15, -0.1) is 16.4 Å². The molecule has 0 bridgehead atoms. The normalized spacial score (nSPS) is 15.8. The first kappa shape index (κ1) is 18.6. The van der Waals surface area contributed by atoms with Gasteiger partial charge in [0.2, 0.25) is 0 Å². The minimum atomic E-state index is -1.13. The molecule has 0 spiro atoms. The summed E-state index contributed by atoms with van der Waals surface area (Å²) < 4.78 is 7.10.